The van der Waals surface area contributed by atoms with Gasteiger partial charge in [0, 0.05) is 6.42 Å². The molecule has 2 radical (unpaired) electrons. The van der Waals surface area contributed by atoms with Gasteiger partial charge in [-0.1, -0.05) is 6.92 Å². The van der Waals surface area contributed by atoms with Crippen LogP contribution in [-0.4, -0.2) is 0 Å². The number of hydrogen-bond donors (Lipinski definition) is 0. The molecule has 0 unspecified atom stereocenters. The predicted octanol–water partition coefficient (Wildman–Crippen LogP) is 0.751. The first kappa shape index (κ1) is 5.98. The van der Waals surface area contributed by atoms with Crippen molar-refractivity contribution in [2.45, 2.75) is 6.92 Å². The maximum atomic E-state index is 7.99. The van der Waals surface area contributed by atoms with Gasteiger partial charge in [0.1, 0.15) is 5.92 Å². The Kier molecular flexibility index (Phi) is 2.72. The van der Waals surface area contributed by atoms with Crippen LogP contribution in [-0.2, 0) is 0 Å². The highest BCUT2D eigenvalue weighted by Crippen LogP contribution is 1.93. The Hall–Kier alpha value is -1.02. The molecule has 0 bridgehead atoms. The molecule has 0 N–H and O–H groups in total. The van der Waals surface area contributed by atoms with Crippen LogP contribution in [0.25, 0.3) is 0 Å². The molecule has 0 aliphatic heterocycles. The van der Waals surface area contributed by atoms with Crippen molar-refractivity contribution in [1.82, 2.24) is 0 Å². The first-order chi connectivity index (χ1) is 3.35. The summed E-state index contributed by atoms with van der Waals surface area (Å²) in [6.45, 7) is 1.57. The predicted molar refractivity (Wildman–Crippen MR) is 23.6 cm³/mol. The van der Waals surface area contributed by atoms with Crippen molar-refractivity contribution in [1.29, 1.82) is 10.5 Å². The summed E-state index contributed by atoms with van der Waals surface area (Å²) >= 11 is 0. The fourth-order valence-corrected chi connectivity index (χ4v) is 0.158. The van der Waals surface area contributed by atoms with Crippen molar-refractivity contribution in [2.24, 2.45) is 5.92 Å². The van der Waals surface area contributed by atoms with Gasteiger partial charge in [-0.3, -0.25) is 0 Å². The SMILES string of the molecule is C[C]C(C#N)C#N. The summed E-state index contributed by atoms with van der Waals surface area (Å²) in [6.07, 6.45) is 2.48. The van der Waals surface area contributed by atoms with Gasteiger partial charge in [0.05, 0.1) is 12.1 Å². The van der Waals surface area contributed by atoms with Crippen LogP contribution in [0.1, 0.15) is 6.92 Å². The summed E-state index contributed by atoms with van der Waals surface area (Å²) < 4.78 is 0. The van der Waals surface area contributed by atoms with Crippen molar-refractivity contribution in [3.63, 3.8) is 0 Å². The number of nitrogens with zero attached hydrogens (tertiary/aromatic N) is 2. The fourth-order valence-electron chi connectivity index (χ4n) is 0.158. The number of nitriles is 2. The van der Waals surface area contributed by atoms with Crippen molar-refractivity contribution in [3.8, 4) is 12.1 Å². The molecule has 2 nitrogen and oxygen atoms in total. The quantitative estimate of drug-likeness (QED) is 0.479. The van der Waals surface area contributed by atoms with Gasteiger partial charge >= 0.3 is 0 Å². The van der Waals surface area contributed by atoms with E-state index in [-0.39, 0.29) is 0 Å². The van der Waals surface area contributed by atoms with Gasteiger partial charge in [-0.05, 0) is 0 Å². The molecule has 0 fully saturated rings. The molecule has 0 aromatic rings. The Morgan fingerprint density at radius 3 is 1.71 bits per heavy atom. The minimum atomic E-state index is -0.653. The Labute approximate surface area is 43.0 Å². The van der Waals surface area contributed by atoms with Crippen molar-refractivity contribution >= 4 is 0 Å². The van der Waals surface area contributed by atoms with Crippen LogP contribution in [0.3, 0.4) is 0 Å². The second-order valence-electron chi connectivity index (χ2n) is 0.980. The molecule has 0 aromatic carbocycles. The molecular weight excluding hydrogens is 88.1 g/mol. The van der Waals surface area contributed by atoms with Crippen LogP contribution in [0.4, 0.5) is 0 Å². The second-order valence-corrected chi connectivity index (χ2v) is 0.980. The van der Waals surface area contributed by atoms with E-state index in [1.165, 1.54) is 0 Å². The molecular formula is C5H4N2. The lowest BCUT2D eigenvalue weighted by Gasteiger charge is -1.82. The van der Waals surface area contributed by atoms with Crippen LogP contribution in [0.15, 0.2) is 0 Å². The van der Waals surface area contributed by atoms with Crippen LogP contribution >= 0.6 is 0 Å². The highest BCUT2D eigenvalue weighted by molar-refractivity contribution is 5.04. The highest BCUT2D eigenvalue weighted by Gasteiger charge is 1.97. The van der Waals surface area contributed by atoms with Crippen LogP contribution in [0.5, 0.6) is 0 Å². The molecule has 34 valence electrons. The van der Waals surface area contributed by atoms with E-state index in [1.807, 2.05) is 0 Å². The molecule has 0 rings (SSSR count). The maximum Gasteiger partial charge on any atom is 0.139 e. The minimum absolute atomic E-state index is 0.653. The van der Waals surface area contributed by atoms with E-state index in [2.05, 4.69) is 6.42 Å². The lowest BCUT2D eigenvalue weighted by Crippen LogP contribution is -1.87. The van der Waals surface area contributed by atoms with E-state index in [1.54, 1.807) is 19.1 Å². The summed E-state index contributed by atoms with van der Waals surface area (Å²) in [5.41, 5.74) is 0. The third-order valence-corrected chi connectivity index (χ3v) is 0.547. The average Bonchev–Trinajstić information content (AvgIpc) is 1.72. The van der Waals surface area contributed by atoms with Gasteiger partial charge in [0.2, 0.25) is 0 Å². The lowest BCUT2D eigenvalue weighted by molar-refractivity contribution is 0.989. The third-order valence-electron chi connectivity index (χ3n) is 0.547. The topological polar surface area (TPSA) is 47.6 Å². The average molecular weight is 92.1 g/mol. The number of rotatable bonds is 1. The largest absolute Gasteiger partial charge is 0.197 e. The summed E-state index contributed by atoms with van der Waals surface area (Å²) in [4.78, 5) is 0. The molecule has 0 aliphatic carbocycles. The third kappa shape index (κ3) is 1.78. The monoisotopic (exact) mass is 92.0 g/mol. The Morgan fingerprint density at radius 2 is 1.71 bits per heavy atom. The van der Waals surface area contributed by atoms with E-state index in [4.69, 9.17) is 10.5 Å². The van der Waals surface area contributed by atoms with Gasteiger partial charge in [0.15, 0.2) is 0 Å². The van der Waals surface area contributed by atoms with Crippen molar-refractivity contribution < 1.29 is 0 Å². The molecule has 0 saturated carbocycles. The maximum absolute atomic E-state index is 7.99. The van der Waals surface area contributed by atoms with E-state index < -0.39 is 5.92 Å². The first-order valence-electron chi connectivity index (χ1n) is 1.81. The molecule has 0 amide bonds. The second kappa shape index (κ2) is 3.18. The summed E-state index contributed by atoms with van der Waals surface area (Å²) in [5.74, 6) is -0.653. The van der Waals surface area contributed by atoms with Crippen molar-refractivity contribution in [2.75, 3.05) is 0 Å². The number of hydrogen-bond acceptors (Lipinski definition) is 2. The molecule has 0 aromatic heterocycles. The van der Waals surface area contributed by atoms with Gasteiger partial charge < -0.3 is 0 Å². The van der Waals surface area contributed by atoms with Gasteiger partial charge in [-0.15, -0.1) is 0 Å². The fraction of sp³-hybridized carbons (Fsp3) is 0.400. The van der Waals surface area contributed by atoms with Gasteiger partial charge in [-0.2, -0.15) is 10.5 Å². The Bertz CT molecular complexity index is 101. The summed E-state index contributed by atoms with van der Waals surface area (Å²) in [6, 6.07) is 3.46. The molecule has 0 heterocycles. The van der Waals surface area contributed by atoms with Crippen molar-refractivity contribution in [3.05, 3.63) is 6.42 Å². The minimum Gasteiger partial charge on any atom is -0.197 e. The van der Waals surface area contributed by atoms with E-state index in [0.717, 1.165) is 0 Å². The van der Waals surface area contributed by atoms with Crippen LogP contribution in [0, 0.1) is 35.0 Å². The Morgan fingerprint density at radius 1 is 1.29 bits per heavy atom. The summed E-state index contributed by atoms with van der Waals surface area (Å²) in [5, 5.41) is 16.0. The lowest BCUT2D eigenvalue weighted by atomic mass is 10.1. The molecule has 2 heteroatoms. The molecule has 0 atom stereocenters. The van der Waals surface area contributed by atoms with E-state index in [0.29, 0.717) is 0 Å². The molecule has 0 aliphatic rings. The highest BCUT2D eigenvalue weighted by atomic mass is 14.3. The smallest absolute Gasteiger partial charge is 0.139 e. The van der Waals surface area contributed by atoms with Gasteiger partial charge in [0.25, 0.3) is 0 Å². The molecule has 7 heavy (non-hydrogen) atoms. The van der Waals surface area contributed by atoms with Crippen LogP contribution < -0.4 is 0 Å². The molecule has 0 saturated heterocycles. The van der Waals surface area contributed by atoms with E-state index >= 15 is 0 Å². The summed E-state index contributed by atoms with van der Waals surface area (Å²) in [7, 11) is 0. The normalized spacial score (nSPS) is 7.43. The zero-order valence-electron chi connectivity index (χ0n) is 3.97. The molecule has 0 spiro atoms. The zero-order valence-corrected chi connectivity index (χ0v) is 3.97. The zero-order chi connectivity index (χ0) is 5.70. The Balaban J connectivity index is 3.50. The standard InChI is InChI=1S/C5H4N2/c1-2-5(3-6)4-7/h5H,1H3. The van der Waals surface area contributed by atoms with Gasteiger partial charge in [-0.25, -0.2) is 0 Å². The van der Waals surface area contributed by atoms with E-state index in [9.17, 15) is 0 Å². The van der Waals surface area contributed by atoms with Crippen LogP contribution in [0.2, 0.25) is 0 Å². The first-order valence-corrected chi connectivity index (χ1v) is 1.81.